The van der Waals surface area contributed by atoms with Crippen LogP contribution in [0, 0.1) is 0 Å². The highest BCUT2D eigenvalue weighted by Crippen LogP contribution is 2.35. The lowest BCUT2D eigenvalue weighted by atomic mass is 10.2. The summed E-state index contributed by atoms with van der Waals surface area (Å²) < 4.78 is 11.1. The molecular formula is C14H10O4S. The number of thiophene rings is 1. The number of hydrogen-bond donors (Lipinski definition) is 0. The van der Waals surface area contributed by atoms with E-state index >= 15 is 0 Å². The number of benzene rings is 1. The van der Waals surface area contributed by atoms with E-state index < -0.39 is 18.2 Å². The zero-order chi connectivity index (χ0) is 13.4. The number of cyclic esters (lactones) is 1. The number of ether oxygens (including phenoxy) is 2. The molecule has 96 valence electrons. The molecule has 0 saturated heterocycles. The number of rotatable bonds is 2. The van der Waals surface area contributed by atoms with Gasteiger partial charge in [-0.05, 0) is 17.5 Å². The Morgan fingerprint density at radius 3 is 2.89 bits per heavy atom. The molecule has 1 aromatic heterocycles. The van der Waals surface area contributed by atoms with Crippen molar-refractivity contribution in [3.8, 4) is 0 Å². The van der Waals surface area contributed by atoms with Crippen molar-refractivity contribution in [1.29, 1.82) is 0 Å². The van der Waals surface area contributed by atoms with Gasteiger partial charge < -0.3 is 9.47 Å². The van der Waals surface area contributed by atoms with Gasteiger partial charge >= 0.3 is 11.9 Å². The van der Waals surface area contributed by atoms with Crippen LogP contribution in [0.2, 0.25) is 0 Å². The normalized spacial score (nSPS) is 18.3. The van der Waals surface area contributed by atoms with Crippen LogP contribution in [0.1, 0.15) is 11.8 Å². The SMILES string of the molecule is CC(=O)OC1OC(=O)C=C1c1cc2ccccc2s1. The summed E-state index contributed by atoms with van der Waals surface area (Å²) in [7, 11) is 0. The van der Waals surface area contributed by atoms with Crippen molar-refractivity contribution in [2.24, 2.45) is 0 Å². The minimum absolute atomic E-state index is 0.480. The van der Waals surface area contributed by atoms with E-state index in [4.69, 9.17) is 9.47 Å². The van der Waals surface area contributed by atoms with Crippen LogP contribution < -0.4 is 0 Å². The molecule has 0 fully saturated rings. The quantitative estimate of drug-likeness (QED) is 0.790. The summed E-state index contributed by atoms with van der Waals surface area (Å²) in [4.78, 5) is 23.2. The van der Waals surface area contributed by atoms with Gasteiger partial charge in [0, 0.05) is 22.6 Å². The predicted molar refractivity (Wildman–Crippen MR) is 71.4 cm³/mol. The van der Waals surface area contributed by atoms with Crippen LogP contribution in [0.5, 0.6) is 0 Å². The van der Waals surface area contributed by atoms with Crippen molar-refractivity contribution in [3.63, 3.8) is 0 Å². The van der Waals surface area contributed by atoms with E-state index in [2.05, 4.69) is 0 Å². The lowest BCUT2D eigenvalue weighted by Crippen LogP contribution is -2.18. The van der Waals surface area contributed by atoms with Gasteiger partial charge in [-0.3, -0.25) is 4.79 Å². The molecule has 2 aromatic rings. The summed E-state index contributed by atoms with van der Waals surface area (Å²) in [5.74, 6) is -0.967. The van der Waals surface area contributed by atoms with Gasteiger partial charge in [-0.15, -0.1) is 11.3 Å². The van der Waals surface area contributed by atoms with Crippen LogP contribution in [0.3, 0.4) is 0 Å². The minimum Gasteiger partial charge on any atom is -0.421 e. The number of carbonyl (C=O) groups is 2. The minimum atomic E-state index is -0.932. The highest BCUT2D eigenvalue weighted by atomic mass is 32.1. The van der Waals surface area contributed by atoms with Crippen LogP contribution in [0.15, 0.2) is 36.4 Å². The first kappa shape index (κ1) is 11.9. The molecule has 0 radical (unpaired) electrons. The molecule has 3 rings (SSSR count). The lowest BCUT2D eigenvalue weighted by Gasteiger charge is -2.12. The number of carbonyl (C=O) groups excluding carboxylic acids is 2. The fourth-order valence-corrected chi connectivity index (χ4v) is 3.03. The van der Waals surface area contributed by atoms with Crippen molar-refractivity contribution in [3.05, 3.63) is 41.3 Å². The van der Waals surface area contributed by atoms with Crippen LogP contribution in [-0.2, 0) is 19.1 Å². The maximum Gasteiger partial charge on any atom is 0.334 e. The van der Waals surface area contributed by atoms with Gasteiger partial charge in [0.05, 0.1) is 5.57 Å². The van der Waals surface area contributed by atoms with E-state index in [-0.39, 0.29) is 0 Å². The van der Waals surface area contributed by atoms with Crippen LogP contribution in [-0.4, -0.2) is 18.2 Å². The average Bonchev–Trinajstić information content (AvgIpc) is 2.91. The van der Waals surface area contributed by atoms with E-state index in [1.807, 2.05) is 30.3 Å². The zero-order valence-corrected chi connectivity index (χ0v) is 10.9. The van der Waals surface area contributed by atoms with Crippen LogP contribution in [0.25, 0.3) is 15.7 Å². The van der Waals surface area contributed by atoms with Crippen molar-refractivity contribution >= 4 is 38.9 Å². The lowest BCUT2D eigenvalue weighted by molar-refractivity contribution is -0.169. The Bertz CT molecular complexity index is 665. The number of fused-ring (bicyclic) bond motifs is 1. The highest BCUT2D eigenvalue weighted by molar-refractivity contribution is 7.20. The first-order valence-electron chi connectivity index (χ1n) is 5.72. The Morgan fingerprint density at radius 2 is 2.16 bits per heavy atom. The van der Waals surface area contributed by atoms with E-state index in [0.717, 1.165) is 15.0 Å². The molecular weight excluding hydrogens is 264 g/mol. The summed E-state index contributed by atoms with van der Waals surface area (Å²) >= 11 is 1.54. The third kappa shape index (κ3) is 2.24. The van der Waals surface area contributed by atoms with Crippen molar-refractivity contribution in [2.45, 2.75) is 13.2 Å². The molecule has 0 saturated carbocycles. The second kappa shape index (κ2) is 4.51. The molecule has 0 spiro atoms. The van der Waals surface area contributed by atoms with Gasteiger partial charge in [-0.1, -0.05) is 18.2 Å². The van der Waals surface area contributed by atoms with E-state index in [9.17, 15) is 9.59 Å². The number of hydrogen-bond acceptors (Lipinski definition) is 5. The first-order chi connectivity index (χ1) is 9.13. The van der Waals surface area contributed by atoms with E-state index in [0.29, 0.717) is 5.57 Å². The topological polar surface area (TPSA) is 52.6 Å². The second-order valence-electron chi connectivity index (χ2n) is 4.13. The Kier molecular flexibility index (Phi) is 2.83. The summed E-state index contributed by atoms with van der Waals surface area (Å²) in [5.41, 5.74) is 0.599. The first-order valence-corrected chi connectivity index (χ1v) is 6.53. The molecule has 0 amide bonds. The van der Waals surface area contributed by atoms with Gasteiger partial charge in [-0.2, -0.15) is 0 Å². The van der Waals surface area contributed by atoms with Gasteiger partial charge in [0.2, 0.25) is 0 Å². The van der Waals surface area contributed by atoms with E-state index in [1.54, 1.807) is 0 Å². The Morgan fingerprint density at radius 1 is 1.37 bits per heavy atom. The monoisotopic (exact) mass is 274 g/mol. The van der Waals surface area contributed by atoms with Crippen molar-refractivity contribution in [2.75, 3.05) is 0 Å². The molecule has 1 atom stereocenters. The molecule has 2 heterocycles. The average molecular weight is 274 g/mol. The summed E-state index contributed by atoms with van der Waals surface area (Å²) in [6.45, 7) is 1.29. The molecule has 0 bridgehead atoms. The maximum absolute atomic E-state index is 11.3. The molecule has 0 aliphatic carbocycles. The second-order valence-corrected chi connectivity index (χ2v) is 5.21. The van der Waals surface area contributed by atoms with Crippen LogP contribution >= 0.6 is 11.3 Å². The summed E-state index contributed by atoms with van der Waals surface area (Å²) in [5, 5.41) is 1.09. The fraction of sp³-hybridized carbons (Fsp3) is 0.143. The Hall–Kier alpha value is -2.14. The van der Waals surface area contributed by atoms with Crippen molar-refractivity contribution < 1.29 is 19.1 Å². The number of esters is 2. The molecule has 1 aliphatic rings. The van der Waals surface area contributed by atoms with Gasteiger partial charge in [0.1, 0.15) is 0 Å². The molecule has 1 aromatic carbocycles. The summed E-state index contributed by atoms with van der Waals surface area (Å²) in [6, 6.07) is 9.87. The Labute approximate surface area is 113 Å². The highest BCUT2D eigenvalue weighted by Gasteiger charge is 2.30. The van der Waals surface area contributed by atoms with Gasteiger partial charge in [0.15, 0.2) is 0 Å². The zero-order valence-electron chi connectivity index (χ0n) is 10.1. The van der Waals surface area contributed by atoms with Crippen molar-refractivity contribution in [1.82, 2.24) is 0 Å². The predicted octanol–water partition coefficient (Wildman–Crippen LogP) is 2.73. The Balaban J connectivity index is 2.01. The molecule has 5 heteroatoms. The molecule has 0 N–H and O–H groups in total. The smallest absolute Gasteiger partial charge is 0.334 e. The largest absolute Gasteiger partial charge is 0.421 e. The third-order valence-electron chi connectivity index (χ3n) is 2.73. The molecule has 1 unspecified atom stereocenters. The standard InChI is InChI=1S/C14H10O4S/c1-8(15)17-14-10(7-13(16)18-14)12-6-9-4-2-3-5-11(9)19-12/h2-7,14H,1H3. The van der Waals surface area contributed by atoms with Gasteiger partial charge in [0.25, 0.3) is 6.29 Å². The molecule has 19 heavy (non-hydrogen) atoms. The summed E-state index contributed by atoms with van der Waals surface area (Å²) in [6.07, 6.45) is 0.441. The van der Waals surface area contributed by atoms with Gasteiger partial charge in [-0.25, -0.2) is 4.79 Å². The maximum atomic E-state index is 11.3. The molecule has 4 nitrogen and oxygen atoms in total. The van der Waals surface area contributed by atoms with Crippen LogP contribution in [0.4, 0.5) is 0 Å². The van der Waals surface area contributed by atoms with E-state index in [1.165, 1.54) is 24.3 Å². The molecule has 1 aliphatic heterocycles. The third-order valence-corrected chi connectivity index (χ3v) is 3.90. The fourth-order valence-electron chi connectivity index (χ4n) is 1.95.